The molecule has 3 heteroatoms. The van der Waals surface area contributed by atoms with Crippen molar-refractivity contribution in [1.82, 2.24) is 15.3 Å². The van der Waals surface area contributed by atoms with Gasteiger partial charge in [0.15, 0.2) is 0 Å². The van der Waals surface area contributed by atoms with E-state index in [0.29, 0.717) is 12.0 Å². The molecule has 0 bridgehead atoms. The number of hydrogen-bond donors (Lipinski definition) is 1. The van der Waals surface area contributed by atoms with Crippen LogP contribution in [0.5, 0.6) is 0 Å². The number of likely N-dealkylation sites (N-methyl/N-ethyl adjacent to an activating group) is 1. The minimum Gasteiger partial charge on any atom is -0.316 e. The van der Waals surface area contributed by atoms with Gasteiger partial charge < -0.3 is 5.32 Å². The molecule has 1 N–H and O–H groups in total. The maximum atomic E-state index is 4.45. The number of nitrogens with one attached hydrogen (secondary N) is 1. The molecule has 1 heterocycles. The lowest BCUT2D eigenvalue weighted by Crippen LogP contribution is -2.33. The first-order chi connectivity index (χ1) is 7.02. The van der Waals surface area contributed by atoms with Crippen LogP contribution in [0.25, 0.3) is 0 Å². The van der Waals surface area contributed by atoms with Gasteiger partial charge in [-0.15, -0.1) is 0 Å². The summed E-state index contributed by atoms with van der Waals surface area (Å²) in [6.45, 7) is 8.41. The monoisotopic (exact) mass is 207 g/mol. The first-order valence-electron chi connectivity index (χ1n) is 5.51. The predicted molar refractivity (Wildman–Crippen MR) is 62.9 cm³/mol. The van der Waals surface area contributed by atoms with E-state index in [2.05, 4.69) is 35.2 Å². The van der Waals surface area contributed by atoms with Gasteiger partial charge in [0.25, 0.3) is 0 Å². The third kappa shape index (κ3) is 3.59. The molecule has 1 aromatic rings. The van der Waals surface area contributed by atoms with Crippen LogP contribution in [0.1, 0.15) is 31.1 Å². The standard InChI is InChI=1S/C12H21N3/c1-8(2)12(13-5)7-11-6-9(3)14-10(4)15-11/h6,8,12-13H,7H2,1-5H3. The van der Waals surface area contributed by atoms with Crippen LogP contribution in [0.15, 0.2) is 6.07 Å². The summed E-state index contributed by atoms with van der Waals surface area (Å²) >= 11 is 0. The van der Waals surface area contributed by atoms with Gasteiger partial charge in [-0.25, -0.2) is 9.97 Å². The van der Waals surface area contributed by atoms with Crippen LogP contribution in [0.3, 0.4) is 0 Å². The zero-order chi connectivity index (χ0) is 11.4. The van der Waals surface area contributed by atoms with Crippen LogP contribution in [0.4, 0.5) is 0 Å². The van der Waals surface area contributed by atoms with Gasteiger partial charge in [-0.2, -0.15) is 0 Å². The van der Waals surface area contributed by atoms with Gasteiger partial charge in [0.05, 0.1) is 0 Å². The lowest BCUT2D eigenvalue weighted by molar-refractivity contribution is 0.421. The lowest BCUT2D eigenvalue weighted by Gasteiger charge is -2.19. The zero-order valence-corrected chi connectivity index (χ0v) is 10.3. The van der Waals surface area contributed by atoms with Crippen molar-refractivity contribution in [3.8, 4) is 0 Å². The van der Waals surface area contributed by atoms with Gasteiger partial charge in [0.2, 0.25) is 0 Å². The smallest absolute Gasteiger partial charge is 0.125 e. The highest BCUT2D eigenvalue weighted by Gasteiger charge is 2.12. The summed E-state index contributed by atoms with van der Waals surface area (Å²) in [5.41, 5.74) is 2.18. The van der Waals surface area contributed by atoms with E-state index in [9.17, 15) is 0 Å². The molecular formula is C12H21N3. The molecular weight excluding hydrogens is 186 g/mol. The number of nitrogens with zero attached hydrogens (tertiary/aromatic N) is 2. The van der Waals surface area contributed by atoms with E-state index in [4.69, 9.17) is 0 Å². The molecule has 0 radical (unpaired) electrons. The van der Waals surface area contributed by atoms with Gasteiger partial charge in [-0.3, -0.25) is 0 Å². The Bertz CT molecular complexity index is 300. The molecule has 0 amide bonds. The summed E-state index contributed by atoms with van der Waals surface area (Å²) in [5, 5.41) is 3.33. The second-order valence-corrected chi connectivity index (χ2v) is 4.39. The molecule has 1 atom stereocenters. The normalized spacial score (nSPS) is 13.2. The minimum atomic E-state index is 0.485. The SMILES string of the molecule is CNC(Cc1cc(C)nc(C)n1)C(C)C. The largest absolute Gasteiger partial charge is 0.316 e. The van der Waals surface area contributed by atoms with Crippen molar-refractivity contribution in [2.24, 2.45) is 5.92 Å². The molecule has 0 fully saturated rings. The molecule has 0 aromatic carbocycles. The molecule has 0 aliphatic rings. The van der Waals surface area contributed by atoms with Gasteiger partial charge in [0, 0.05) is 23.9 Å². The molecule has 0 aliphatic carbocycles. The number of hydrogen-bond acceptors (Lipinski definition) is 3. The Morgan fingerprint density at radius 1 is 1.27 bits per heavy atom. The maximum absolute atomic E-state index is 4.45. The summed E-state index contributed by atoms with van der Waals surface area (Å²) in [5.74, 6) is 1.48. The van der Waals surface area contributed by atoms with Crippen LogP contribution in [-0.4, -0.2) is 23.1 Å². The summed E-state index contributed by atoms with van der Waals surface area (Å²) in [6, 6.07) is 2.55. The molecule has 15 heavy (non-hydrogen) atoms. The number of aryl methyl sites for hydroxylation is 2. The van der Waals surface area contributed by atoms with Crippen molar-refractivity contribution in [3.05, 3.63) is 23.3 Å². The van der Waals surface area contributed by atoms with Crippen molar-refractivity contribution in [2.45, 2.75) is 40.2 Å². The molecule has 0 spiro atoms. The van der Waals surface area contributed by atoms with Crippen LogP contribution in [0, 0.1) is 19.8 Å². The van der Waals surface area contributed by atoms with Gasteiger partial charge in [-0.05, 0) is 32.9 Å². The molecule has 1 unspecified atom stereocenters. The molecule has 3 nitrogen and oxygen atoms in total. The summed E-state index contributed by atoms with van der Waals surface area (Å²) in [6.07, 6.45) is 0.971. The highest BCUT2D eigenvalue weighted by molar-refractivity contribution is 5.11. The Hall–Kier alpha value is -0.960. The van der Waals surface area contributed by atoms with E-state index in [0.717, 1.165) is 23.6 Å². The van der Waals surface area contributed by atoms with Gasteiger partial charge >= 0.3 is 0 Å². The van der Waals surface area contributed by atoms with Gasteiger partial charge in [-0.1, -0.05) is 13.8 Å². The molecule has 0 saturated carbocycles. The minimum absolute atomic E-state index is 0.485. The third-order valence-corrected chi connectivity index (χ3v) is 2.62. The van der Waals surface area contributed by atoms with Crippen molar-refractivity contribution in [2.75, 3.05) is 7.05 Å². The third-order valence-electron chi connectivity index (χ3n) is 2.62. The molecule has 1 rings (SSSR count). The Morgan fingerprint density at radius 3 is 2.40 bits per heavy atom. The summed E-state index contributed by atoms with van der Waals surface area (Å²) in [7, 11) is 2.01. The van der Waals surface area contributed by atoms with E-state index in [-0.39, 0.29) is 0 Å². The Balaban J connectivity index is 2.79. The van der Waals surface area contributed by atoms with Crippen LogP contribution in [0.2, 0.25) is 0 Å². The van der Waals surface area contributed by atoms with E-state index in [1.54, 1.807) is 0 Å². The first kappa shape index (κ1) is 12.1. The van der Waals surface area contributed by atoms with E-state index in [1.807, 2.05) is 20.9 Å². The quantitative estimate of drug-likeness (QED) is 0.819. The van der Waals surface area contributed by atoms with Crippen LogP contribution in [-0.2, 0) is 6.42 Å². The first-order valence-corrected chi connectivity index (χ1v) is 5.51. The highest BCUT2D eigenvalue weighted by Crippen LogP contribution is 2.09. The molecule has 1 aromatic heterocycles. The second-order valence-electron chi connectivity index (χ2n) is 4.39. The lowest BCUT2D eigenvalue weighted by atomic mass is 9.99. The van der Waals surface area contributed by atoms with E-state index >= 15 is 0 Å². The number of rotatable bonds is 4. The Labute approximate surface area is 92.3 Å². The van der Waals surface area contributed by atoms with Crippen LogP contribution >= 0.6 is 0 Å². The molecule has 0 aliphatic heterocycles. The van der Waals surface area contributed by atoms with Crippen molar-refractivity contribution >= 4 is 0 Å². The summed E-state index contributed by atoms with van der Waals surface area (Å²) in [4.78, 5) is 8.73. The van der Waals surface area contributed by atoms with E-state index in [1.165, 1.54) is 0 Å². The number of aromatic nitrogens is 2. The van der Waals surface area contributed by atoms with Crippen LogP contribution < -0.4 is 5.32 Å². The Kier molecular flexibility index (Phi) is 4.21. The van der Waals surface area contributed by atoms with Gasteiger partial charge in [0.1, 0.15) is 5.82 Å². The molecule has 0 saturated heterocycles. The zero-order valence-electron chi connectivity index (χ0n) is 10.3. The fourth-order valence-corrected chi connectivity index (χ4v) is 1.79. The fourth-order valence-electron chi connectivity index (χ4n) is 1.79. The fraction of sp³-hybridized carbons (Fsp3) is 0.667. The topological polar surface area (TPSA) is 37.8 Å². The van der Waals surface area contributed by atoms with Crippen molar-refractivity contribution < 1.29 is 0 Å². The second kappa shape index (κ2) is 5.21. The van der Waals surface area contributed by atoms with Crippen molar-refractivity contribution in [3.63, 3.8) is 0 Å². The average molecular weight is 207 g/mol. The molecule has 84 valence electrons. The summed E-state index contributed by atoms with van der Waals surface area (Å²) < 4.78 is 0. The maximum Gasteiger partial charge on any atom is 0.125 e. The predicted octanol–water partition coefficient (Wildman–Crippen LogP) is 1.88. The average Bonchev–Trinajstić information content (AvgIpc) is 2.12. The van der Waals surface area contributed by atoms with Crippen molar-refractivity contribution in [1.29, 1.82) is 0 Å². The van der Waals surface area contributed by atoms with E-state index < -0.39 is 0 Å². The Morgan fingerprint density at radius 2 is 1.93 bits per heavy atom. The highest BCUT2D eigenvalue weighted by atomic mass is 14.9.